The van der Waals surface area contributed by atoms with Crippen LogP contribution in [0.2, 0.25) is 0 Å². The smallest absolute Gasteiger partial charge is 0.251 e. The lowest BCUT2D eigenvalue weighted by Gasteiger charge is -2.33. The molecule has 1 aromatic carbocycles. The molecule has 1 unspecified atom stereocenters. The topological polar surface area (TPSA) is 35.6 Å². The Bertz CT molecular complexity index is 470. The normalized spacial score (nSPS) is 19.0. The molecule has 0 spiro atoms. The number of rotatable bonds is 6. The van der Waals surface area contributed by atoms with E-state index in [1.54, 1.807) is 0 Å². The predicted molar refractivity (Wildman–Crippen MR) is 92.6 cm³/mol. The van der Waals surface area contributed by atoms with Crippen molar-refractivity contribution in [1.82, 2.24) is 10.2 Å². The molecule has 0 saturated carbocycles. The molecule has 4 heteroatoms. The lowest BCUT2D eigenvalue weighted by atomic mass is 10.0. The summed E-state index contributed by atoms with van der Waals surface area (Å²) in [6, 6.07) is 8.42. The average molecular weight is 303 g/mol. The zero-order chi connectivity index (χ0) is 15.9. The first-order valence-electron chi connectivity index (χ1n) is 8.37. The quantitative estimate of drug-likeness (QED) is 0.821. The van der Waals surface area contributed by atoms with Crippen molar-refractivity contribution in [2.24, 2.45) is 0 Å². The Morgan fingerprint density at radius 2 is 2.00 bits per heavy atom. The monoisotopic (exact) mass is 303 g/mol. The maximum Gasteiger partial charge on any atom is 0.251 e. The second-order valence-corrected chi connectivity index (χ2v) is 6.43. The van der Waals surface area contributed by atoms with Crippen molar-refractivity contribution in [1.29, 1.82) is 0 Å². The van der Waals surface area contributed by atoms with Gasteiger partial charge in [-0.25, -0.2) is 0 Å². The van der Waals surface area contributed by atoms with E-state index >= 15 is 0 Å². The Balaban J connectivity index is 1.71. The van der Waals surface area contributed by atoms with E-state index in [9.17, 15) is 4.79 Å². The van der Waals surface area contributed by atoms with Gasteiger partial charge in [0.15, 0.2) is 0 Å². The molecule has 2 rings (SSSR count). The molecule has 1 amide bonds. The molecule has 1 aliphatic heterocycles. The number of anilines is 1. The van der Waals surface area contributed by atoms with Gasteiger partial charge in [-0.15, -0.1) is 0 Å². The number of carbonyl (C=O) groups is 1. The van der Waals surface area contributed by atoms with Crippen LogP contribution >= 0.6 is 0 Å². The molecule has 4 nitrogen and oxygen atoms in total. The fraction of sp³-hybridized carbons (Fsp3) is 0.611. The first kappa shape index (κ1) is 16.8. The number of piperidine rings is 1. The molecule has 0 aliphatic carbocycles. The van der Waals surface area contributed by atoms with Gasteiger partial charge in [0.1, 0.15) is 0 Å². The largest absolute Gasteiger partial charge is 0.378 e. The Morgan fingerprint density at radius 1 is 1.27 bits per heavy atom. The number of amides is 1. The molecule has 0 bridgehead atoms. The van der Waals surface area contributed by atoms with E-state index in [2.05, 4.69) is 17.1 Å². The van der Waals surface area contributed by atoms with Gasteiger partial charge in [0.2, 0.25) is 0 Å². The number of hydrogen-bond donors (Lipinski definition) is 1. The van der Waals surface area contributed by atoms with E-state index in [1.165, 1.54) is 25.8 Å². The highest BCUT2D eigenvalue weighted by Crippen LogP contribution is 2.16. The number of nitrogens with one attached hydrogen (secondary N) is 1. The maximum atomic E-state index is 12.1. The Morgan fingerprint density at radius 3 is 2.64 bits per heavy atom. The van der Waals surface area contributed by atoms with E-state index in [1.807, 2.05) is 43.3 Å². The van der Waals surface area contributed by atoms with Crippen LogP contribution in [-0.4, -0.2) is 50.6 Å². The first-order valence-corrected chi connectivity index (χ1v) is 8.37. The van der Waals surface area contributed by atoms with Gasteiger partial charge in [-0.2, -0.15) is 0 Å². The minimum Gasteiger partial charge on any atom is -0.378 e. The van der Waals surface area contributed by atoms with Gasteiger partial charge >= 0.3 is 0 Å². The van der Waals surface area contributed by atoms with Crippen LogP contribution in [0, 0.1) is 0 Å². The van der Waals surface area contributed by atoms with Gasteiger partial charge in [0.25, 0.3) is 5.91 Å². The Labute approximate surface area is 134 Å². The molecule has 0 aromatic heterocycles. The van der Waals surface area contributed by atoms with Crippen LogP contribution in [0.4, 0.5) is 5.69 Å². The van der Waals surface area contributed by atoms with Crippen LogP contribution in [-0.2, 0) is 0 Å². The third-order valence-electron chi connectivity index (χ3n) is 4.49. The van der Waals surface area contributed by atoms with Crippen molar-refractivity contribution in [3.63, 3.8) is 0 Å². The van der Waals surface area contributed by atoms with Crippen molar-refractivity contribution in [3.8, 4) is 0 Å². The van der Waals surface area contributed by atoms with Crippen molar-refractivity contribution < 1.29 is 4.79 Å². The summed E-state index contributed by atoms with van der Waals surface area (Å²) in [5, 5.41) is 3.02. The zero-order valence-corrected chi connectivity index (χ0v) is 14.1. The number of benzene rings is 1. The summed E-state index contributed by atoms with van der Waals surface area (Å²) in [4.78, 5) is 16.7. The minimum absolute atomic E-state index is 0.0250. The minimum atomic E-state index is 0.0250. The van der Waals surface area contributed by atoms with Gasteiger partial charge in [-0.05, 0) is 57.0 Å². The molecule has 1 heterocycles. The van der Waals surface area contributed by atoms with Gasteiger partial charge in [-0.3, -0.25) is 4.79 Å². The SMILES string of the molecule is CC1CCCCN1CCCNC(=O)c1ccc(N(C)C)cc1. The van der Waals surface area contributed by atoms with Crippen molar-refractivity contribution >= 4 is 11.6 Å². The highest BCUT2D eigenvalue weighted by Gasteiger charge is 2.17. The lowest BCUT2D eigenvalue weighted by Crippen LogP contribution is -2.39. The van der Waals surface area contributed by atoms with E-state index in [0.717, 1.165) is 30.8 Å². The third kappa shape index (κ3) is 4.73. The van der Waals surface area contributed by atoms with Crippen molar-refractivity contribution in [2.45, 2.75) is 38.6 Å². The van der Waals surface area contributed by atoms with Crippen molar-refractivity contribution in [2.75, 3.05) is 38.6 Å². The summed E-state index contributed by atoms with van der Waals surface area (Å²) in [6.07, 6.45) is 5.00. The van der Waals surface area contributed by atoms with Crippen LogP contribution in [0.1, 0.15) is 43.0 Å². The number of nitrogens with zero attached hydrogens (tertiary/aromatic N) is 2. The van der Waals surface area contributed by atoms with E-state index in [-0.39, 0.29) is 5.91 Å². The maximum absolute atomic E-state index is 12.1. The molecular formula is C18H29N3O. The summed E-state index contributed by atoms with van der Waals surface area (Å²) >= 11 is 0. The Hall–Kier alpha value is -1.55. The van der Waals surface area contributed by atoms with Gasteiger partial charge < -0.3 is 15.1 Å². The molecule has 0 radical (unpaired) electrons. The second kappa shape index (κ2) is 8.18. The number of likely N-dealkylation sites (tertiary alicyclic amines) is 1. The average Bonchev–Trinajstić information content (AvgIpc) is 2.53. The van der Waals surface area contributed by atoms with Gasteiger partial charge in [0, 0.05) is 44.5 Å². The first-order chi connectivity index (χ1) is 10.6. The summed E-state index contributed by atoms with van der Waals surface area (Å²) in [5.41, 5.74) is 1.84. The van der Waals surface area contributed by atoms with Crippen molar-refractivity contribution in [3.05, 3.63) is 29.8 Å². The summed E-state index contributed by atoms with van der Waals surface area (Å²) in [7, 11) is 3.99. The highest BCUT2D eigenvalue weighted by molar-refractivity contribution is 5.94. The fourth-order valence-electron chi connectivity index (χ4n) is 2.99. The van der Waals surface area contributed by atoms with Crippen LogP contribution in [0.15, 0.2) is 24.3 Å². The Kier molecular flexibility index (Phi) is 6.25. The van der Waals surface area contributed by atoms with Gasteiger partial charge in [0.05, 0.1) is 0 Å². The number of hydrogen-bond acceptors (Lipinski definition) is 3. The summed E-state index contributed by atoms with van der Waals surface area (Å²) in [6.45, 7) is 5.35. The van der Waals surface area contributed by atoms with E-state index in [4.69, 9.17) is 0 Å². The summed E-state index contributed by atoms with van der Waals surface area (Å²) < 4.78 is 0. The third-order valence-corrected chi connectivity index (χ3v) is 4.49. The molecule has 1 fully saturated rings. The second-order valence-electron chi connectivity index (χ2n) is 6.43. The molecule has 1 N–H and O–H groups in total. The molecule has 22 heavy (non-hydrogen) atoms. The fourth-order valence-corrected chi connectivity index (χ4v) is 2.99. The molecule has 122 valence electrons. The van der Waals surface area contributed by atoms with Crippen LogP contribution in [0.25, 0.3) is 0 Å². The van der Waals surface area contributed by atoms with Crippen LogP contribution < -0.4 is 10.2 Å². The lowest BCUT2D eigenvalue weighted by molar-refractivity contribution is 0.0949. The molecule has 1 atom stereocenters. The molecule has 1 aromatic rings. The molecule has 1 saturated heterocycles. The van der Waals surface area contributed by atoms with Gasteiger partial charge in [-0.1, -0.05) is 6.42 Å². The molecule has 1 aliphatic rings. The molecular weight excluding hydrogens is 274 g/mol. The highest BCUT2D eigenvalue weighted by atomic mass is 16.1. The van der Waals surface area contributed by atoms with Crippen LogP contribution in [0.5, 0.6) is 0 Å². The zero-order valence-electron chi connectivity index (χ0n) is 14.1. The standard InChI is InChI=1S/C18H29N3O/c1-15-7-4-5-13-21(15)14-6-12-19-18(22)16-8-10-17(11-9-16)20(2)3/h8-11,15H,4-7,12-14H2,1-3H3,(H,19,22). The van der Waals surface area contributed by atoms with Crippen LogP contribution in [0.3, 0.4) is 0 Å². The summed E-state index contributed by atoms with van der Waals surface area (Å²) in [5.74, 6) is 0.0250. The van der Waals surface area contributed by atoms with E-state index < -0.39 is 0 Å². The van der Waals surface area contributed by atoms with E-state index in [0.29, 0.717) is 6.04 Å². The predicted octanol–water partition coefficient (Wildman–Crippen LogP) is 2.75. The number of carbonyl (C=O) groups excluding carboxylic acids is 1.